The minimum absolute atomic E-state index is 0.0196. The molecule has 1 N–H and O–H groups in total. The molecule has 0 unspecified atom stereocenters. The van der Waals surface area contributed by atoms with E-state index in [0.717, 1.165) is 18.7 Å². The zero-order chi connectivity index (χ0) is 15.0. The molecule has 0 aliphatic rings. The van der Waals surface area contributed by atoms with E-state index in [2.05, 4.69) is 5.32 Å². The number of ether oxygens (including phenoxy) is 2. The summed E-state index contributed by atoms with van der Waals surface area (Å²) in [4.78, 5) is 0. The minimum Gasteiger partial charge on any atom is -0.493 e. The van der Waals surface area contributed by atoms with Gasteiger partial charge in [0.25, 0.3) is 0 Å². The van der Waals surface area contributed by atoms with Crippen molar-refractivity contribution in [1.29, 1.82) is 0 Å². The van der Waals surface area contributed by atoms with Gasteiger partial charge in [-0.1, -0.05) is 19.9 Å². The lowest BCUT2D eigenvalue weighted by Gasteiger charge is -2.12. The Bertz CT molecular complexity index is 514. The van der Waals surface area contributed by atoms with Gasteiger partial charge in [-0.2, -0.15) is 0 Å². The second-order valence-electron chi connectivity index (χ2n) is 4.35. The van der Waals surface area contributed by atoms with Crippen molar-refractivity contribution >= 4 is 9.84 Å². The Morgan fingerprint density at radius 1 is 1.20 bits per heavy atom. The Labute approximate surface area is 121 Å². The SMILES string of the molecule is CCNCc1ccc(OCCS(=O)(=O)CC)c(OC)c1. The van der Waals surface area contributed by atoms with Gasteiger partial charge in [0.1, 0.15) is 6.61 Å². The van der Waals surface area contributed by atoms with Gasteiger partial charge >= 0.3 is 0 Å². The molecule has 0 saturated heterocycles. The van der Waals surface area contributed by atoms with E-state index in [1.807, 2.05) is 25.1 Å². The summed E-state index contributed by atoms with van der Waals surface area (Å²) in [7, 11) is -1.43. The van der Waals surface area contributed by atoms with Gasteiger partial charge in [0.05, 0.1) is 12.9 Å². The van der Waals surface area contributed by atoms with Crippen molar-refractivity contribution in [3.63, 3.8) is 0 Å². The van der Waals surface area contributed by atoms with Gasteiger partial charge < -0.3 is 14.8 Å². The molecule has 0 atom stereocenters. The standard InChI is InChI=1S/C14H23NO4S/c1-4-15-11-12-6-7-13(14(10-12)18-3)19-8-9-20(16,17)5-2/h6-7,10,15H,4-5,8-9,11H2,1-3H3. The average Bonchev–Trinajstić information content (AvgIpc) is 2.45. The molecule has 1 aromatic rings. The highest BCUT2D eigenvalue weighted by Crippen LogP contribution is 2.28. The van der Waals surface area contributed by atoms with Crippen LogP contribution < -0.4 is 14.8 Å². The van der Waals surface area contributed by atoms with Crippen molar-refractivity contribution in [1.82, 2.24) is 5.32 Å². The quantitative estimate of drug-likeness (QED) is 0.751. The lowest BCUT2D eigenvalue weighted by atomic mass is 10.2. The number of nitrogens with one attached hydrogen (secondary N) is 1. The first-order valence-electron chi connectivity index (χ1n) is 6.73. The van der Waals surface area contributed by atoms with Crippen LogP contribution >= 0.6 is 0 Å². The predicted octanol–water partition coefficient (Wildman–Crippen LogP) is 1.62. The number of sulfone groups is 1. The molecule has 0 fully saturated rings. The van der Waals surface area contributed by atoms with E-state index in [9.17, 15) is 8.42 Å². The Hall–Kier alpha value is -1.27. The van der Waals surface area contributed by atoms with Crippen LogP contribution in [0.1, 0.15) is 19.4 Å². The number of methoxy groups -OCH3 is 1. The first-order chi connectivity index (χ1) is 9.52. The third-order valence-corrected chi connectivity index (χ3v) is 4.57. The van der Waals surface area contributed by atoms with Crippen LogP contribution in [0.4, 0.5) is 0 Å². The van der Waals surface area contributed by atoms with E-state index in [4.69, 9.17) is 9.47 Å². The van der Waals surface area contributed by atoms with E-state index in [1.54, 1.807) is 14.0 Å². The van der Waals surface area contributed by atoms with Gasteiger partial charge in [-0.3, -0.25) is 0 Å². The molecule has 0 bridgehead atoms. The van der Waals surface area contributed by atoms with Gasteiger partial charge in [0.2, 0.25) is 0 Å². The van der Waals surface area contributed by atoms with Gasteiger partial charge in [-0.25, -0.2) is 8.42 Å². The smallest absolute Gasteiger partial charge is 0.161 e. The number of rotatable bonds is 9. The van der Waals surface area contributed by atoms with Gasteiger partial charge in [-0.05, 0) is 24.2 Å². The molecule has 0 saturated carbocycles. The fourth-order valence-electron chi connectivity index (χ4n) is 1.63. The zero-order valence-electron chi connectivity index (χ0n) is 12.3. The summed E-state index contributed by atoms with van der Waals surface area (Å²) in [5.41, 5.74) is 1.09. The first kappa shape index (κ1) is 16.8. The number of hydrogen-bond acceptors (Lipinski definition) is 5. The van der Waals surface area contributed by atoms with E-state index < -0.39 is 9.84 Å². The maximum atomic E-state index is 11.4. The average molecular weight is 301 g/mol. The van der Waals surface area contributed by atoms with Crippen molar-refractivity contribution < 1.29 is 17.9 Å². The normalized spacial score (nSPS) is 11.3. The number of hydrogen-bond donors (Lipinski definition) is 1. The van der Waals surface area contributed by atoms with Crippen LogP contribution in [0.5, 0.6) is 11.5 Å². The van der Waals surface area contributed by atoms with E-state index >= 15 is 0 Å². The monoisotopic (exact) mass is 301 g/mol. The molecular formula is C14H23NO4S. The summed E-state index contributed by atoms with van der Waals surface area (Å²) < 4.78 is 33.6. The van der Waals surface area contributed by atoms with Crippen LogP contribution in [-0.2, 0) is 16.4 Å². The predicted molar refractivity (Wildman–Crippen MR) is 80.2 cm³/mol. The summed E-state index contributed by atoms with van der Waals surface area (Å²) >= 11 is 0. The molecule has 1 rings (SSSR count). The van der Waals surface area contributed by atoms with Crippen LogP contribution in [0.25, 0.3) is 0 Å². The summed E-state index contributed by atoms with van der Waals surface area (Å²) in [6, 6.07) is 5.64. The minimum atomic E-state index is -3.01. The van der Waals surface area contributed by atoms with Crippen LogP contribution in [-0.4, -0.2) is 40.2 Å². The third-order valence-electron chi connectivity index (χ3n) is 2.90. The Kier molecular flexibility index (Phi) is 6.81. The first-order valence-corrected chi connectivity index (χ1v) is 8.55. The molecule has 0 aliphatic heterocycles. The van der Waals surface area contributed by atoms with Gasteiger partial charge in [0, 0.05) is 12.3 Å². The molecule has 0 amide bonds. The Morgan fingerprint density at radius 2 is 1.95 bits per heavy atom. The molecule has 6 heteroatoms. The highest BCUT2D eigenvalue weighted by Gasteiger charge is 2.10. The van der Waals surface area contributed by atoms with Gasteiger partial charge in [0.15, 0.2) is 21.3 Å². The topological polar surface area (TPSA) is 64.6 Å². The van der Waals surface area contributed by atoms with E-state index in [-0.39, 0.29) is 18.1 Å². The van der Waals surface area contributed by atoms with Crippen LogP contribution in [0.2, 0.25) is 0 Å². The maximum absolute atomic E-state index is 11.4. The molecule has 20 heavy (non-hydrogen) atoms. The summed E-state index contributed by atoms with van der Waals surface area (Å²) in [6.45, 7) is 5.47. The largest absolute Gasteiger partial charge is 0.493 e. The molecule has 1 aromatic carbocycles. The maximum Gasteiger partial charge on any atom is 0.161 e. The second-order valence-corrected chi connectivity index (χ2v) is 6.82. The summed E-state index contributed by atoms with van der Waals surface area (Å²) in [5.74, 6) is 1.34. The van der Waals surface area contributed by atoms with E-state index in [1.165, 1.54) is 0 Å². The molecule has 5 nitrogen and oxygen atoms in total. The molecular weight excluding hydrogens is 278 g/mol. The summed E-state index contributed by atoms with van der Waals surface area (Å²) in [6.07, 6.45) is 0. The van der Waals surface area contributed by atoms with Crippen molar-refractivity contribution in [3.8, 4) is 11.5 Å². The van der Waals surface area contributed by atoms with E-state index in [0.29, 0.717) is 11.5 Å². The fourth-order valence-corrected chi connectivity index (χ4v) is 2.26. The summed E-state index contributed by atoms with van der Waals surface area (Å²) in [5, 5.41) is 3.23. The lowest BCUT2D eigenvalue weighted by molar-refractivity contribution is 0.311. The fraction of sp³-hybridized carbons (Fsp3) is 0.571. The Balaban J connectivity index is 2.66. The molecule has 0 radical (unpaired) electrons. The highest BCUT2D eigenvalue weighted by atomic mass is 32.2. The lowest BCUT2D eigenvalue weighted by Crippen LogP contribution is -2.16. The molecule has 0 aromatic heterocycles. The van der Waals surface area contributed by atoms with Crippen molar-refractivity contribution in [2.45, 2.75) is 20.4 Å². The van der Waals surface area contributed by atoms with Crippen LogP contribution in [0, 0.1) is 0 Å². The second kappa shape index (κ2) is 8.11. The molecule has 114 valence electrons. The Morgan fingerprint density at radius 3 is 2.55 bits per heavy atom. The van der Waals surface area contributed by atoms with Gasteiger partial charge in [-0.15, -0.1) is 0 Å². The highest BCUT2D eigenvalue weighted by molar-refractivity contribution is 7.91. The zero-order valence-corrected chi connectivity index (χ0v) is 13.1. The molecule has 0 spiro atoms. The van der Waals surface area contributed by atoms with Crippen LogP contribution in [0.3, 0.4) is 0 Å². The number of benzene rings is 1. The van der Waals surface area contributed by atoms with Crippen molar-refractivity contribution in [3.05, 3.63) is 23.8 Å². The molecule has 0 heterocycles. The van der Waals surface area contributed by atoms with Crippen LogP contribution in [0.15, 0.2) is 18.2 Å². The third kappa shape index (κ3) is 5.38. The van der Waals surface area contributed by atoms with Crippen molar-refractivity contribution in [2.75, 3.05) is 31.8 Å². The molecule has 0 aliphatic carbocycles. The van der Waals surface area contributed by atoms with Crippen molar-refractivity contribution in [2.24, 2.45) is 0 Å².